The first-order valence-corrected chi connectivity index (χ1v) is 10.9. The molecule has 168 valence electrons. The molecule has 3 unspecified atom stereocenters. The third kappa shape index (κ3) is 3.88. The number of rotatable bonds is 6. The summed E-state index contributed by atoms with van der Waals surface area (Å²) in [5, 5.41) is 7.34. The van der Waals surface area contributed by atoms with E-state index in [9.17, 15) is 9.59 Å². The highest BCUT2D eigenvalue weighted by atomic mass is 16.5. The van der Waals surface area contributed by atoms with E-state index in [-0.39, 0.29) is 36.4 Å². The van der Waals surface area contributed by atoms with Gasteiger partial charge in [0.15, 0.2) is 6.17 Å². The lowest BCUT2D eigenvalue weighted by Gasteiger charge is -2.51. The number of amidine groups is 1. The Morgan fingerprint density at radius 3 is 2.65 bits per heavy atom. The van der Waals surface area contributed by atoms with Gasteiger partial charge in [0.2, 0.25) is 5.91 Å². The summed E-state index contributed by atoms with van der Waals surface area (Å²) in [5.41, 5.74) is 3.56. The van der Waals surface area contributed by atoms with Crippen molar-refractivity contribution in [2.75, 3.05) is 26.1 Å². The van der Waals surface area contributed by atoms with Crippen LogP contribution in [0.25, 0.3) is 0 Å². The molecule has 9 heteroatoms. The van der Waals surface area contributed by atoms with E-state index in [1.165, 1.54) is 7.11 Å². The molecule has 0 aromatic heterocycles. The number of nitrogens with one attached hydrogen (secondary N) is 2. The van der Waals surface area contributed by atoms with E-state index in [1.807, 2.05) is 0 Å². The molecule has 4 rings (SSSR count). The van der Waals surface area contributed by atoms with Gasteiger partial charge in [-0.15, -0.1) is 0 Å². The largest absolute Gasteiger partial charge is 0.497 e. The normalized spacial score (nSPS) is 24.9. The Bertz CT molecular complexity index is 887. The molecule has 2 N–H and O–H groups in total. The molecule has 2 heterocycles. The lowest BCUT2D eigenvalue weighted by atomic mass is 9.85. The van der Waals surface area contributed by atoms with Crippen LogP contribution < -0.4 is 20.2 Å². The SMILES string of the molecule is COc1ccc(NC(=O)CN2C(=O)C3NN=C(C(C)C)N3C3CCCCC32)c(OC)c1. The molecule has 3 atom stereocenters. The van der Waals surface area contributed by atoms with Crippen LogP contribution in [-0.4, -0.2) is 66.5 Å². The average molecular weight is 430 g/mol. The van der Waals surface area contributed by atoms with Crippen LogP contribution >= 0.6 is 0 Å². The minimum atomic E-state index is -0.528. The zero-order chi connectivity index (χ0) is 22.1. The van der Waals surface area contributed by atoms with E-state index in [1.54, 1.807) is 30.2 Å². The molecule has 0 bridgehead atoms. The number of methoxy groups -OCH3 is 2. The van der Waals surface area contributed by atoms with Gasteiger partial charge in [-0.2, -0.15) is 5.10 Å². The number of anilines is 1. The molecule has 31 heavy (non-hydrogen) atoms. The van der Waals surface area contributed by atoms with Gasteiger partial charge >= 0.3 is 0 Å². The van der Waals surface area contributed by atoms with Crippen molar-refractivity contribution >= 4 is 23.3 Å². The minimum Gasteiger partial charge on any atom is -0.497 e. The maximum atomic E-state index is 13.4. The highest BCUT2D eigenvalue weighted by Crippen LogP contribution is 2.36. The van der Waals surface area contributed by atoms with E-state index in [0.29, 0.717) is 17.2 Å². The third-order valence-corrected chi connectivity index (χ3v) is 6.33. The number of fused-ring (bicyclic) bond motifs is 3. The van der Waals surface area contributed by atoms with Gasteiger partial charge in [0.05, 0.1) is 32.0 Å². The van der Waals surface area contributed by atoms with Gasteiger partial charge in [0.1, 0.15) is 23.9 Å². The van der Waals surface area contributed by atoms with Crippen LogP contribution in [0.2, 0.25) is 0 Å². The molecule has 9 nitrogen and oxygen atoms in total. The van der Waals surface area contributed by atoms with Crippen molar-refractivity contribution in [2.24, 2.45) is 11.0 Å². The van der Waals surface area contributed by atoms with Crippen LogP contribution in [0.1, 0.15) is 39.5 Å². The van der Waals surface area contributed by atoms with Gasteiger partial charge in [-0.25, -0.2) is 0 Å². The Hall–Kier alpha value is -2.97. The second-order valence-corrected chi connectivity index (χ2v) is 8.56. The zero-order valence-corrected chi connectivity index (χ0v) is 18.6. The molecular formula is C22H31N5O4. The van der Waals surface area contributed by atoms with Crippen molar-refractivity contribution in [3.63, 3.8) is 0 Å². The summed E-state index contributed by atoms with van der Waals surface area (Å²) in [7, 11) is 3.11. The van der Waals surface area contributed by atoms with Crippen LogP contribution in [-0.2, 0) is 9.59 Å². The number of piperazine rings is 1. The summed E-state index contributed by atoms with van der Waals surface area (Å²) in [6.45, 7) is 4.18. The van der Waals surface area contributed by atoms with E-state index in [0.717, 1.165) is 31.5 Å². The van der Waals surface area contributed by atoms with Crippen molar-refractivity contribution in [1.29, 1.82) is 0 Å². The van der Waals surface area contributed by atoms with Gasteiger partial charge in [0, 0.05) is 12.0 Å². The van der Waals surface area contributed by atoms with Gasteiger partial charge in [-0.3, -0.25) is 15.0 Å². The number of nitrogens with zero attached hydrogens (tertiary/aromatic N) is 3. The van der Waals surface area contributed by atoms with E-state index >= 15 is 0 Å². The Labute approximate surface area is 182 Å². The van der Waals surface area contributed by atoms with Crippen LogP contribution in [0.4, 0.5) is 5.69 Å². The molecule has 1 aromatic carbocycles. The van der Waals surface area contributed by atoms with Crippen molar-refractivity contribution in [3.8, 4) is 11.5 Å². The lowest BCUT2D eigenvalue weighted by molar-refractivity contribution is -0.151. The lowest BCUT2D eigenvalue weighted by Crippen LogP contribution is -2.70. The monoisotopic (exact) mass is 429 g/mol. The number of hydrogen-bond acceptors (Lipinski definition) is 7. The second-order valence-electron chi connectivity index (χ2n) is 8.56. The van der Waals surface area contributed by atoms with E-state index in [4.69, 9.17) is 9.47 Å². The molecule has 0 spiro atoms. The predicted octanol–water partition coefficient (Wildman–Crippen LogP) is 2.00. The highest BCUT2D eigenvalue weighted by Gasteiger charge is 2.51. The summed E-state index contributed by atoms with van der Waals surface area (Å²) in [4.78, 5) is 30.2. The van der Waals surface area contributed by atoms with Crippen molar-refractivity contribution in [3.05, 3.63) is 18.2 Å². The number of hydrogen-bond donors (Lipinski definition) is 2. The molecule has 1 saturated carbocycles. The van der Waals surface area contributed by atoms with Crippen LogP contribution in [0.15, 0.2) is 23.3 Å². The number of ether oxygens (including phenoxy) is 2. The van der Waals surface area contributed by atoms with E-state index < -0.39 is 6.17 Å². The number of hydrazone groups is 1. The Morgan fingerprint density at radius 2 is 1.97 bits per heavy atom. The van der Waals surface area contributed by atoms with Crippen LogP contribution in [0, 0.1) is 5.92 Å². The highest BCUT2D eigenvalue weighted by molar-refractivity contribution is 5.99. The summed E-state index contributed by atoms with van der Waals surface area (Å²) < 4.78 is 10.6. The van der Waals surface area contributed by atoms with Gasteiger partial charge in [0.25, 0.3) is 5.91 Å². The predicted molar refractivity (Wildman–Crippen MR) is 117 cm³/mol. The molecule has 1 aliphatic carbocycles. The topological polar surface area (TPSA) is 95.5 Å². The summed E-state index contributed by atoms with van der Waals surface area (Å²) in [6, 6.07) is 5.39. The van der Waals surface area contributed by atoms with Crippen LogP contribution in [0.5, 0.6) is 11.5 Å². The second kappa shape index (κ2) is 8.64. The molecule has 2 amide bonds. The number of carbonyl (C=O) groups excluding carboxylic acids is 2. The summed E-state index contributed by atoms with van der Waals surface area (Å²) >= 11 is 0. The average Bonchev–Trinajstić information content (AvgIpc) is 3.23. The Morgan fingerprint density at radius 1 is 1.23 bits per heavy atom. The Balaban J connectivity index is 1.52. The first kappa shape index (κ1) is 21.3. The third-order valence-electron chi connectivity index (χ3n) is 6.33. The summed E-state index contributed by atoms with van der Waals surface area (Å²) in [5.74, 6) is 1.95. The molecule has 2 aliphatic heterocycles. The smallest absolute Gasteiger partial charge is 0.268 e. The first-order chi connectivity index (χ1) is 14.9. The fourth-order valence-corrected chi connectivity index (χ4v) is 4.88. The van der Waals surface area contributed by atoms with Crippen LogP contribution in [0.3, 0.4) is 0 Å². The molecule has 0 radical (unpaired) electrons. The maximum Gasteiger partial charge on any atom is 0.268 e. The quantitative estimate of drug-likeness (QED) is 0.718. The molecular weight excluding hydrogens is 398 g/mol. The first-order valence-electron chi connectivity index (χ1n) is 10.9. The minimum absolute atomic E-state index is 0.00177. The number of carbonyl (C=O) groups is 2. The molecule has 1 saturated heterocycles. The molecule has 2 fully saturated rings. The Kier molecular flexibility index (Phi) is 5.93. The molecule has 1 aromatic rings. The number of benzene rings is 1. The maximum absolute atomic E-state index is 13.4. The van der Waals surface area contributed by atoms with Crippen molar-refractivity contribution in [2.45, 2.75) is 57.8 Å². The standard InChI is InChI=1S/C22H31N5O4/c1-13(2)20-24-25-21-22(29)26(16-7-5-6-8-17(16)27(20)21)12-19(28)23-15-10-9-14(30-3)11-18(15)31-4/h9-11,13,16-17,21,25H,5-8,12H2,1-4H3,(H,23,28). The zero-order valence-electron chi connectivity index (χ0n) is 18.6. The fourth-order valence-electron chi connectivity index (χ4n) is 4.88. The van der Waals surface area contributed by atoms with Gasteiger partial charge < -0.3 is 24.6 Å². The molecule has 3 aliphatic rings. The number of amides is 2. The van der Waals surface area contributed by atoms with E-state index in [2.05, 4.69) is 34.6 Å². The van der Waals surface area contributed by atoms with Gasteiger partial charge in [-0.05, 0) is 25.0 Å². The van der Waals surface area contributed by atoms with Crippen molar-refractivity contribution in [1.82, 2.24) is 15.2 Å². The summed E-state index contributed by atoms with van der Waals surface area (Å²) in [6.07, 6.45) is 3.53. The van der Waals surface area contributed by atoms with Crippen molar-refractivity contribution < 1.29 is 19.1 Å². The fraction of sp³-hybridized carbons (Fsp3) is 0.591. The van der Waals surface area contributed by atoms with Gasteiger partial charge in [-0.1, -0.05) is 26.7 Å².